The maximum atomic E-state index is 13.0. The van der Waals surface area contributed by atoms with Gasteiger partial charge < -0.3 is 14.2 Å². The van der Waals surface area contributed by atoms with Crippen LogP contribution in [0.5, 0.6) is 0 Å². The van der Waals surface area contributed by atoms with Crippen molar-refractivity contribution in [1.82, 2.24) is 0 Å². The van der Waals surface area contributed by atoms with Crippen molar-refractivity contribution in [3.05, 3.63) is 12.2 Å². The zero-order valence-electron chi connectivity index (χ0n) is 56.1. The number of carbonyl (C=O) groups is 3. The Morgan fingerprint density at radius 3 is 0.610 bits per heavy atom. The number of unbranched alkanes of at least 4 members (excludes halogenated alkanes) is 58. The molecule has 0 fully saturated rings. The van der Waals surface area contributed by atoms with Gasteiger partial charge in [0.05, 0.1) is 0 Å². The van der Waals surface area contributed by atoms with E-state index in [0.29, 0.717) is 19.3 Å². The second kappa shape index (κ2) is 71.6. The van der Waals surface area contributed by atoms with E-state index >= 15 is 0 Å². The second-order valence-electron chi connectivity index (χ2n) is 25.9. The predicted octanol–water partition coefficient (Wildman–Crippen LogP) is 26.0. The normalized spacial score (nSPS) is 12.0. The van der Waals surface area contributed by atoms with Crippen LogP contribution in [0.2, 0.25) is 0 Å². The van der Waals surface area contributed by atoms with Gasteiger partial charge in [-0.1, -0.05) is 386 Å². The molecule has 0 aliphatic rings. The van der Waals surface area contributed by atoms with Crippen LogP contribution in [0.4, 0.5) is 0 Å². The lowest BCUT2D eigenvalue weighted by atomic mass is 10.0. The number of hydrogen-bond donors (Lipinski definition) is 0. The van der Waals surface area contributed by atoms with Crippen LogP contribution < -0.4 is 0 Å². The van der Waals surface area contributed by atoms with E-state index in [1.165, 1.54) is 334 Å². The molecular weight excluding hydrogens is 1010 g/mol. The molecule has 0 spiro atoms. The molecule has 82 heavy (non-hydrogen) atoms. The SMILES string of the molecule is CCCCCCC/C=C\CCCCCCCC(=O)OCC(COC(=O)CCCCCCCCCCCCCCCCCCCCCCCCCCCCCC)OC(=O)CCCCCCCCCCCCCCCCCCCCCCCC. The first-order valence-electron chi connectivity index (χ1n) is 37.7. The maximum absolute atomic E-state index is 13.0. The molecule has 6 nitrogen and oxygen atoms in total. The summed E-state index contributed by atoms with van der Waals surface area (Å²) in [5.74, 6) is -0.836. The van der Waals surface area contributed by atoms with Gasteiger partial charge in [0.25, 0.3) is 0 Å². The van der Waals surface area contributed by atoms with Crippen molar-refractivity contribution in [1.29, 1.82) is 0 Å². The minimum absolute atomic E-state index is 0.0654. The Morgan fingerprint density at radius 2 is 0.402 bits per heavy atom. The topological polar surface area (TPSA) is 78.9 Å². The molecule has 0 amide bonds. The van der Waals surface area contributed by atoms with Crippen molar-refractivity contribution < 1.29 is 28.6 Å². The molecule has 6 heteroatoms. The maximum Gasteiger partial charge on any atom is 0.306 e. The third-order valence-corrected chi connectivity index (χ3v) is 17.5. The second-order valence-corrected chi connectivity index (χ2v) is 25.9. The number of rotatable bonds is 71. The fraction of sp³-hybridized carbons (Fsp3) is 0.934. The highest BCUT2D eigenvalue weighted by Crippen LogP contribution is 2.20. The standard InChI is InChI=1S/C76H146O6/c1-4-7-10-13-16-19-22-25-28-30-32-34-36-37-38-39-40-41-43-44-46-48-51-54-57-60-63-66-69-75(78)81-72-73(71-80-74(77)68-65-62-59-56-53-50-27-24-21-18-15-12-9-6-3)82-76(79)70-67-64-61-58-55-52-49-47-45-42-35-33-31-29-26-23-20-17-14-11-8-5-2/h24,27,73H,4-23,25-26,28-72H2,1-3H3/b27-24-. The molecule has 0 saturated heterocycles. The fourth-order valence-electron chi connectivity index (χ4n) is 11.9. The van der Waals surface area contributed by atoms with E-state index in [-0.39, 0.29) is 31.1 Å². The monoisotopic (exact) mass is 1160 g/mol. The molecule has 0 bridgehead atoms. The van der Waals surface area contributed by atoms with Gasteiger partial charge in [-0.2, -0.15) is 0 Å². The molecule has 0 N–H and O–H groups in total. The lowest BCUT2D eigenvalue weighted by Gasteiger charge is -2.18. The zero-order chi connectivity index (χ0) is 59.2. The Hall–Kier alpha value is -1.85. The highest BCUT2D eigenvalue weighted by atomic mass is 16.6. The molecule has 0 aromatic rings. The van der Waals surface area contributed by atoms with E-state index in [9.17, 15) is 14.4 Å². The molecule has 0 aromatic carbocycles. The minimum Gasteiger partial charge on any atom is -0.462 e. The van der Waals surface area contributed by atoms with E-state index in [0.717, 1.165) is 64.2 Å². The van der Waals surface area contributed by atoms with Crippen molar-refractivity contribution in [2.45, 2.75) is 444 Å². The summed E-state index contributed by atoms with van der Waals surface area (Å²) in [4.78, 5) is 38.5. The van der Waals surface area contributed by atoms with Gasteiger partial charge in [-0.05, 0) is 44.9 Å². The molecule has 0 radical (unpaired) electrons. The van der Waals surface area contributed by atoms with Crippen LogP contribution in [0.3, 0.4) is 0 Å². The van der Waals surface area contributed by atoms with Crippen molar-refractivity contribution in [2.24, 2.45) is 0 Å². The molecule has 0 aromatic heterocycles. The average molecular weight is 1160 g/mol. The van der Waals surface area contributed by atoms with Crippen LogP contribution in [-0.4, -0.2) is 37.2 Å². The largest absolute Gasteiger partial charge is 0.462 e. The summed E-state index contributed by atoms with van der Waals surface area (Å²) < 4.78 is 17.0. The fourth-order valence-corrected chi connectivity index (χ4v) is 11.9. The van der Waals surface area contributed by atoms with E-state index in [1.54, 1.807) is 0 Å². The van der Waals surface area contributed by atoms with Gasteiger partial charge >= 0.3 is 17.9 Å². The molecule has 1 unspecified atom stereocenters. The summed E-state index contributed by atoms with van der Waals surface area (Å²) in [6, 6.07) is 0. The van der Waals surface area contributed by atoms with Crippen molar-refractivity contribution >= 4 is 17.9 Å². The third-order valence-electron chi connectivity index (χ3n) is 17.5. The average Bonchev–Trinajstić information content (AvgIpc) is 3.48. The van der Waals surface area contributed by atoms with Gasteiger partial charge in [0.1, 0.15) is 13.2 Å². The van der Waals surface area contributed by atoms with Gasteiger partial charge in [0.2, 0.25) is 0 Å². The Kier molecular flexibility index (Phi) is 70.0. The van der Waals surface area contributed by atoms with Gasteiger partial charge in [-0.15, -0.1) is 0 Å². The Balaban J connectivity index is 4.18. The van der Waals surface area contributed by atoms with Crippen molar-refractivity contribution in [3.63, 3.8) is 0 Å². The van der Waals surface area contributed by atoms with Gasteiger partial charge in [-0.25, -0.2) is 0 Å². The van der Waals surface area contributed by atoms with E-state index in [1.807, 2.05) is 0 Å². The highest BCUT2D eigenvalue weighted by molar-refractivity contribution is 5.71. The van der Waals surface area contributed by atoms with Crippen LogP contribution in [0.15, 0.2) is 12.2 Å². The number of carbonyl (C=O) groups excluding carboxylic acids is 3. The number of allylic oxidation sites excluding steroid dienone is 2. The van der Waals surface area contributed by atoms with Crippen LogP contribution in [-0.2, 0) is 28.6 Å². The van der Waals surface area contributed by atoms with Gasteiger partial charge in [0.15, 0.2) is 6.10 Å². The first-order chi connectivity index (χ1) is 40.5. The summed E-state index contributed by atoms with van der Waals surface area (Å²) in [7, 11) is 0. The summed E-state index contributed by atoms with van der Waals surface area (Å²) in [5, 5.41) is 0. The van der Waals surface area contributed by atoms with Crippen molar-refractivity contribution in [2.75, 3.05) is 13.2 Å². The molecule has 486 valence electrons. The summed E-state index contributed by atoms with van der Waals surface area (Å²) in [5.41, 5.74) is 0. The van der Waals surface area contributed by atoms with Gasteiger partial charge in [0, 0.05) is 19.3 Å². The quantitative estimate of drug-likeness (QED) is 0.0261. The molecule has 0 rings (SSSR count). The number of ether oxygens (including phenoxy) is 3. The first-order valence-corrected chi connectivity index (χ1v) is 37.7. The van der Waals surface area contributed by atoms with Crippen molar-refractivity contribution in [3.8, 4) is 0 Å². The number of esters is 3. The Bertz CT molecular complexity index is 1280. The van der Waals surface area contributed by atoms with Crippen LogP contribution in [0.1, 0.15) is 438 Å². The lowest BCUT2D eigenvalue weighted by molar-refractivity contribution is -0.167. The summed E-state index contributed by atoms with van der Waals surface area (Å²) >= 11 is 0. The van der Waals surface area contributed by atoms with E-state index < -0.39 is 6.10 Å². The first kappa shape index (κ1) is 80.2. The minimum atomic E-state index is -0.770. The Morgan fingerprint density at radius 1 is 0.232 bits per heavy atom. The van der Waals surface area contributed by atoms with Crippen LogP contribution in [0, 0.1) is 0 Å². The molecule has 0 aliphatic heterocycles. The molecule has 1 atom stereocenters. The summed E-state index contributed by atoms with van der Waals surface area (Å²) in [6.45, 7) is 6.73. The lowest BCUT2D eigenvalue weighted by Crippen LogP contribution is -2.30. The predicted molar refractivity (Wildman–Crippen MR) is 358 cm³/mol. The van der Waals surface area contributed by atoms with E-state index in [4.69, 9.17) is 14.2 Å². The Labute approximate surface area is 513 Å². The van der Waals surface area contributed by atoms with E-state index in [2.05, 4.69) is 32.9 Å². The third kappa shape index (κ3) is 68.9. The van der Waals surface area contributed by atoms with Crippen LogP contribution in [0.25, 0.3) is 0 Å². The molecular formula is C76H146O6. The molecule has 0 saturated carbocycles. The zero-order valence-corrected chi connectivity index (χ0v) is 56.1. The molecule has 0 heterocycles. The number of hydrogen-bond acceptors (Lipinski definition) is 6. The smallest absolute Gasteiger partial charge is 0.306 e. The van der Waals surface area contributed by atoms with Crippen LogP contribution >= 0.6 is 0 Å². The summed E-state index contributed by atoms with van der Waals surface area (Å²) in [6.07, 6.45) is 86.9. The molecule has 0 aliphatic carbocycles. The highest BCUT2D eigenvalue weighted by Gasteiger charge is 2.20. The van der Waals surface area contributed by atoms with Gasteiger partial charge in [-0.3, -0.25) is 14.4 Å².